The van der Waals surface area contributed by atoms with Crippen LogP contribution in [-0.4, -0.2) is 66.4 Å². The van der Waals surface area contributed by atoms with Gasteiger partial charge in [-0.05, 0) is 17.7 Å². The van der Waals surface area contributed by atoms with E-state index in [9.17, 15) is 4.39 Å². The van der Waals surface area contributed by atoms with Crippen molar-refractivity contribution in [2.24, 2.45) is 4.99 Å². The second-order valence-corrected chi connectivity index (χ2v) is 7.25. The van der Waals surface area contributed by atoms with Gasteiger partial charge >= 0.3 is 0 Å². The lowest BCUT2D eigenvalue weighted by Gasteiger charge is -2.36. The summed E-state index contributed by atoms with van der Waals surface area (Å²) in [5.41, 5.74) is 0.756. The second-order valence-electron chi connectivity index (χ2n) is 6.14. The molecule has 144 valence electrons. The Bertz CT molecular complexity index is 734. The van der Waals surface area contributed by atoms with E-state index in [1.807, 2.05) is 25.2 Å². The van der Waals surface area contributed by atoms with Gasteiger partial charge in [-0.3, -0.25) is 4.99 Å². The van der Waals surface area contributed by atoms with E-state index < -0.39 is 0 Å². The highest BCUT2D eigenvalue weighted by Crippen LogP contribution is 2.15. The number of rotatable bonds is 6. The number of thioether (sulfide) groups is 1. The van der Waals surface area contributed by atoms with Gasteiger partial charge in [0.25, 0.3) is 0 Å². The van der Waals surface area contributed by atoms with E-state index in [-0.39, 0.29) is 5.82 Å². The first-order valence-corrected chi connectivity index (χ1v) is 10.2. The molecule has 8 heteroatoms. The van der Waals surface area contributed by atoms with Crippen LogP contribution in [0.4, 0.5) is 10.3 Å². The van der Waals surface area contributed by atoms with Gasteiger partial charge in [-0.2, -0.15) is 11.8 Å². The number of anilines is 1. The highest BCUT2D eigenvalue weighted by atomic mass is 32.2. The molecule has 0 spiro atoms. The molecule has 0 bridgehead atoms. The SMILES string of the molecule is CN=C(NCCSCc1ccccc1F)N1CCN(c2ncccn2)CC1. The van der Waals surface area contributed by atoms with Crippen molar-refractivity contribution in [2.45, 2.75) is 5.75 Å². The molecule has 6 nitrogen and oxygen atoms in total. The molecule has 0 radical (unpaired) electrons. The first-order valence-electron chi connectivity index (χ1n) is 9.06. The molecule has 1 aliphatic rings. The summed E-state index contributed by atoms with van der Waals surface area (Å²) in [7, 11) is 1.81. The Hall–Kier alpha value is -2.35. The molecule has 0 saturated carbocycles. The third-order valence-corrected chi connectivity index (χ3v) is 5.38. The van der Waals surface area contributed by atoms with Crippen molar-refractivity contribution in [3.8, 4) is 0 Å². The maximum Gasteiger partial charge on any atom is 0.225 e. The average molecular weight is 389 g/mol. The van der Waals surface area contributed by atoms with Crippen LogP contribution in [0, 0.1) is 5.82 Å². The predicted molar refractivity (Wildman–Crippen MR) is 110 cm³/mol. The van der Waals surface area contributed by atoms with Gasteiger partial charge in [-0.15, -0.1) is 0 Å². The van der Waals surface area contributed by atoms with Crippen molar-refractivity contribution >= 4 is 23.7 Å². The summed E-state index contributed by atoms with van der Waals surface area (Å²) in [6.07, 6.45) is 3.54. The third kappa shape index (κ3) is 5.56. The zero-order valence-corrected chi connectivity index (χ0v) is 16.3. The monoisotopic (exact) mass is 388 g/mol. The molecule has 1 aromatic heterocycles. The Morgan fingerprint density at radius 1 is 1.15 bits per heavy atom. The fraction of sp³-hybridized carbons (Fsp3) is 0.421. The average Bonchev–Trinajstić information content (AvgIpc) is 2.73. The van der Waals surface area contributed by atoms with Crippen LogP contribution in [0.2, 0.25) is 0 Å². The maximum atomic E-state index is 13.6. The minimum absolute atomic E-state index is 0.131. The summed E-state index contributed by atoms with van der Waals surface area (Å²) in [5.74, 6) is 3.14. The summed E-state index contributed by atoms with van der Waals surface area (Å²) in [6, 6.07) is 8.77. The minimum atomic E-state index is -0.131. The number of aromatic nitrogens is 2. The van der Waals surface area contributed by atoms with E-state index in [1.165, 1.54) is 6.07 Å². The van der Waals surface area contributed by atoms with Crippen LogP contribution in [0.5, 0.6) is 0 Å². The molecular formula is C19H25FN6S. The van der Waals surface area contributed by atoms with E-state index in [0.717, 1.165) is 55.9 Å². The maximum absolute atomic E-state index is 13.6. The lowest BCUT2D eigenvalue weighted by Crippen LogP contribution is -2.53. The van der Waals surface area contributed by atoms with Crippen LogP contribution in [-0.2, 0) is 5.75 Å². The van der Waals surface area contributed by atoms with Gasteiger partial charge in [0, 0.05) is 63.7 Å². The first-order chi connectivity index (χ1) is 13.3. The van der Waals surface area contributed by atoms with E-state index in [2.05, 4.69) is 30.1 Å². The van der Waals surface area contributed by atoms with Gasteiger partial charge < -0.3 is 15.1 Å². The quantitative estimate of drug-likeness (QED) is 0.465. The first kappa shape index (κ1) is 19.4. The van der Waals surface area contributed by atoms with Gasteiger partial charge in [0.1, 0.15) is 5.82 Å². The molecule has 1 saturated heterocycles. The van der Waals surface area contributed by atoms with Crippen molar-refractivity contribution in [3.05, 3.63) is 54.1 Å². The van der Waals surface area contributed by atoms with E-state index in [0.29, 0.717) is 5.75 Å². The highest BCUT2D eigenvalue weighted by molar-refractivity contribution is 7.98. The second kappa shape index (κ2) is 10.1. The number of aliphatic imine (C=N–C) groups is 1. The Labute approximate surface area is 163 Å². The summed E-state index contributed by atoms with van der Waals surface area (Å²) in [6.45, 7) is 4.29. The smallest absolute Gasteiger partial charge is 0.225 e. The van der Waals surface area contributed by atoms with E-state index in [4.69, 9.17) is 0 Å². The highest BCUT2D eigenvalue weighted by Gasteiger charge is 2.20. The molecule has 0 unspecified atom stereocenters. The minimum Gasteiger partial charge on any atom is -0.355 e. The molecule has 0 atom stereocenters. The molecule has 27 heavy (non-hydrogen) atoms. The number of guanidine groups is 1. The molecule has 3 rings (SSSR count). The number of piperazine rings is 1. The summed E-state index contributed by atoms with van der Waals surface area (Å²) in [5, 5.41) is 3.41. The lowest BCUT2D eigenvalue weighted by atomic mass is 10.2. The Balaban J connectivity index is 1.38. The van der Waals surface area contributed by atoms with Gasteiger partial charge in [-0.1, -0.05) is 18.2 Å². The summed E-state index contributed by atoms with van der Waals surface area (Å²) >= 11 is 1.72. The Morgan fingerprint density at radius 3 is 2.59 bits per heavy atom. The molecule has 0 amide bonds. The Kier molecular flexibility index (Phi) is 7.27. The molecule has 2 aromatic rings. The normalized spacial score (nSPS) is 15.1. The number of nitrogens with one attached hydrogen (secondary N) is 1. The molecular weight excluding hydrogens is 363 g/mol. The zero-order valence-electron chi connectivity index (χ0n) is 15.5. The molecule has 1 aliphatic heterocycles. The predicted octanol–water partition coefficient (Wildman–Crippen LogP) is 2.25. The number of benzene rings is 1. The summed E-state index contributed by atoms with van der Waals surface area (Å²) < 4.78 is 13.6. The van der Waals surface area contributed by atoms with Crippen LogP contribution in [0.15, 0.2) is 47.7 Å². The number of hydrogen-bond donors (Lipinski definition) is 1. The van der Waals surface area contributed by atoms with Crippen LogP contribution in [0.1, 0.15) is 5.56 Å². The van der Waals surface area contributed by atoms with Gasteiger partial charge in [-0.25, -0.2) is 14.4 Å². The van der Waals surface area contributed by atoms with E-state index >= 15 is 0 Å². The number of hydrogen-bond acceptors (Lipinski definition) is 5. The molecule has 0 aliphatic carbocycles. The lowest BCUT2D eigenvalue weighted by molar-refractivity contribution is 0.371. The summed E-state index contributed by atoms with van der Waals surface area (Å²) in [4.78, 5) is 17.5. The van der Waals surface area contributed by atoms with Crippen LogP contribution in [0.25, 0.3) is 0 Å². The van der Waals surface area contributed by atoms with Crippen molar-refractivity contribution in [1.82, 2.24) is 20.2 Å². The van der Waals surface area contributed by atoms with Gasteiger partial charge in [0.05, 0.1) is 0 Å². The molecule has 1 fully saturated rings. The largest absolute Gasteiger partial charge is 0.355 e. The fourth-order valence-electron chi connectivity index (χ4n) is 2.94. The fourth-order valence-corrected chi connectivity index (χ4v) is 3.78. The number of halogens is 1. The standard InChI is InChI=1S/C19H25FN6S/c1-21-18(24-9-14-27-15-16-5-2-3-6-17(16)20)25-10-12-26(13-11-25)19-22-7-4-8-23-19/h2-8H,9-15H2,1H3,(H,21,24). The molecule has 2 heterocycles. The van der Waals surface area contributed by atoms with Crippen LogP contribution in [0.3, 0.4) is 0 Å². The molecule has 1 N–H and O–H groups in total. The third-order valence-electron chi connectivity index (χ3n) is 4.37. The van der Waals surface area contributed by atoms with Crippen molar-refractivity contribution in [2.75, 3.05) is 50.4 Å². The topological polar surface area (TPSA) is 56.7 Å². The van der Waals surface area contributed by atoms with Crippen LogP contribution >= 0.6 is 11.8 Å². The number of nitrogens with zero attached hydrogens (tertiary/aromatic N) is 5. The van der Waals surface area contributed by atoms with Crippen LogP contribution < -0.4 is 10.2 Å². The molecule has 1 aromatic carbocycles. The van der Waals surface area contributed by atoms with E-state index in [1.54, 1.807) is 30.2 Å². The van der Waals surface area contributed by atoms with Gasteiger partial charge in [0.15, 0.2) is 5.96 Å². The zero-order chi connectivity index (χ0) is 18.9. The Morgan fingerprint density at radius 2 is 1.89 bits per heavy atom. The van der Waals surface area contributed by atoms with Crippen molar-refractivity contribution in [3.63, 3.8) is 0 Å². The van der Waals surface area contributed by atoms with Crippen molar-refractivity contribution in [1.29, 1.82) is 0 Å². The van der Waals surface area contributed by atoms with Gasteiger partial charge in [0.2, 0.25) is 5.95 Å². The van der Waals surface area contributed by atoms with Crippen molar-refractivity contribution < 1.29 is 4.39 Å².